The fourth-order valence-electron chi connectivity index (χ4n) is 2.10. The molecule has 1 unspecified atom stereocenters. The van der Waals surface area contributed by atoms with Crippen LogP contribution in [0.2, 0.25) is 0 Å². The number of hydrogen-bond donors (Lipinski definition) is 2. The summed E-state index contributed by atoms with van der Waals surface area (Å²) in [5.41, 5.74) is 8.70. The molecule has 0 saturated carbocycles. The van der Waals surface area contributed by atoms with Crippen LogP contribution in [0, 0.1) is 13.8 Å². The van der Waals surface area contributed by atoms with Crippen LogP contribution in [0.1, 0.15) is 33.4 Å². The number of carbonyl (C=O) groups excluding carboxylic acids is 1. The summed E-state index contributed by atoms with van der Waals surface area (Å²) in [6, 6.07) is 12.5. The van der Waals surface area contributed by atoms with Crippen LogP contribution >= 0.6 is 12.2 Å². The zero-order valence-electron chi connectivity index (χ0n) is 12.0. The Balaban J connectivity index is 2.25. The SMILES string of the molecule is Cc1ccc(C(=O)NC(C(N)=S)c2ccccc2)c(C)n1. The molecule has 0 bridgehead atoms. The van der Waals surface area contributed by atoms with Crippen molar-refractivity contribution >= 4 is 23.1 Å². The summed E-state index contributed by atoms with van der Waals surface area (Å²) in [6.45, 7) is 3.69. The first-order chi connectivity index (χ1) is 9.99. The Bertz CT molecular complexity index is 670. The number of hydrogen-bond acceptors (Lipinski definition) is 3. The number of aryl methyl sites for hydroxylation is 2. The van der Waals surface area contributed by atoms with Gasteiger partial charge in [0, 0.05) is 5.69 Å². The van der Waals surface area contributed by atoms with E-state index >= 15 is 0 Å². The Labute approximate surface area is 129 Å². The fraction of sp³-hybridized carbons (Fsp3) is 0.188. The number of rotatable bonds is 4. The Morgan fingerprint density at radius 3 is 2.43 bits per heavy atom. The molecule has 0 aliphatic carbocycles. The van der Waals surface area contributed by atoms with E-state index in [1.54, 1.807) is 19.1 Å². The smallest absolute Gasteiger partial charge is 0.253 e. The van der Waals surface area contributed by atoms with Crippen molar-refractivity contribution in [3.8, 4) is 0 Å². The zero-order chi connectivity index (χ0) is 15.4. The molecule has 0 radical (unpaired) electrons. The minimum absolute atomic E-state index is 0.229. The van der Waals surface area contributed by atoms with Crippen molar-refractivity contribution in [3.63, 3.8) is 0 Å². The van der Waals surface area contributed by atoms with E-state index in [0.717, 1.165) is 11.3 Å². The van der Waals surface area contributed by atoms with Crippen molar-refractivity contribution in [2.75, 3.05) is 0 Å². The highest BCUT2D eigenvalue weighted by Gasteiger charge is 2.19. The number of nitrogens with one attached hydrogen (secondary N) is 1. The molecule has 1 aromatic heterocycles. The summed E-state index contributed by atoms with van der Waals surface area (Å²) in [5.74, 6) is -0.235. The van der Waals surface area contributed by atoms with Crippen LogP contribution in [-0.4, -0.2) is 15.9 Å². The van der Waals surface area contributed by atoms with E-state index in [4.69, 9.17) is 18.0 Å². The second kappa shape index (κ2) is 6.45. The molecule has 0 aliphatic rings. The fourth-order valence-corrected chi connectivity index (χ4v) is 2.29. The zero-order valence-corrected chi connectivity index (χ0v) is 12.8. The summed E-state index contributed by atoms with van der Waals surface area (Å²) >= 11 is 5.07. The minimum Gasteiger partial charge on any atom is -0.391 e. The number of carbonyl (C=O) groups is 1. The molecular formula is C16H17N3OS. The van der Waals surface area contributed by atoms with E-state index in [1.807, 2.05) is 37.3 Å². The van der Waals surface area contributed by atoms with Crippen LogP contribution in [0.4, 0.5) is 0 Å². The normalized spacial score (nSPS) is 11.7. The Morgan fingerprint density at radius 2 is 1.86 bits per heavy atom. The number of nitrogens with zero attached hydrogens (tertiary/aromatic N) is 1. The van der Waals surface area contributed by atoms with Crippen molar-refractivity contribution in [1.29, 1.82) is 0 Å². The maximum absolute atomic E-state index is 12.4. The van der Waals surface area contributed by atoms with Crippen LogP contribution in [0.25, 0.3) is 0 Å². The molecule has 0 saturated heterocycles. The average molecular weight is 299 g/mol. The largest absolute Gasteiger partial charge is 0.391 e. The number of amides is 1. The topological polar surface area (TPSA) is 68.0 Å². The summed E-state index contributed by atoms with van der Waals surface area (Å²) in [4.78, 5) is 16.9. The van der Waals surface area contributed by atoms with E-state index in [9.17, 15) is 4.79 Å². The lowest BCUT2D eigenvalue weighted by molar-refractivity contribution is 0.0946. The molecule has 1 atom stereocenters. The molecule has 5 heteroatoms. The molecule has 21 heavy (non-hydrogen) atoms. The first kappa shape index (κ1) is 15.1. The van der Waals surface area contributed by atoms with Crippen molar-refractivity contribution in [2.45, 2.75) is 19.9 Å². The molecule has 1 heterocycles. The van der Waals surface area contributed by atoms with Crippen LogP contribution in [0.15, 0.2) is 42.5 Å². The molecule has 1 amide bonds. The number of aromatic nitrogens is 1. The van der Waals surface area contributed by atoms with Gasteiger partial charge in [0.1, 0.15) is 11.0 Å². The van der Waals surface area contributed by atoms with E-state index in [1.165, 1.54) is 0 Å². The summed E-state index contributed by atoms with van der Waals surface area (Å²) < 4.78 is 0. The molecule has 2 aromatic rings. The number of benzene rings is 1. The first-order valence-electron chi connectivity index (χ1n) is 6.58. The van der Waals surface area contributed by atoms with Crippen molar-refractivity contribution in [1.82, 2.24) is 10.3 Å². The van der Waals surface area contributed by atoms with Gasteiger partial charge in [-0.2, -0.15) is 0 Å². The van der Waals surface area contributed by atoms with Gasteiger partial charge in [-0.25, -0.2) is 0 Å². The average Bonchev–Trinajstić information content (AvgIpc) is 2.45. The predicted molar refractivity (Wildman–Crippen MR) is 87.1 cm³/mol. The molecule has 0 spiro atoms. The monoisotopic (exact) mass is 299 g/mol. The van der Waals surface area contributed by atoms with Gasteiger partial charge in [-0.15, -0.1) is 0 Å². The van der Waals surface area contributed by atoms with Gasteiger partial charge < -0.3 is 11.1 Å². The first-order valence-corrected chi connectivity index (χ1v) is 6.99. The van der Waals surface area contributed by atoms with E-state index in [2.05, 4.69) is 10.3 Å². The molecule has 1 aromatic carbocycles. The standard InChI is InChI=1S/C16H17N3OS/c1-10-8-9-13(11(2)18-10)16(20)19-14(15(17)21)12-6-4-3-5-7-12/h3-9,14H,1-2H3,(H2,17,21)(H,19,20). The third-order valence-electron chi connectivity index (χ3n) is 3.16. The lowest BCUT2D eigenvalue weighted by Crippen LogP contribution is -2.36. The number of nitrogens with two attached hydrogens (primary N) is 1. The van der Waals surface area contributed by atoms with Gasteiger partial charge in [-0.1, -0.05) is 42.5 Å². The predicted octanol–water partition coefficient (Wildman–Crippen LogP) is 2.46. The molecule has 4 nitrogen and oxygen atoms in total. The number of pyridine rings is 1. The minimum atomic E-state index is -0.491. The summed E-state index contributed by atoms with van der Waals surface area (Å²) in [6.07, 6.45) is 0. The quantitative estimate of drug-likeness (QED) is 0.851. The van der Waals surface area contributed by atoms with E-state index in [-0.39, 0.29) is 10.9 Å². The molecular weight excluding hydrogens is 282 g/mol. The van der Waals surface area contributed by atoms with Crippen molar-refractivity contribution in [3.05, 3.63) is 65.0 Å². The summed E-state index contributed by atoms with van der Waals surface area (Å²) in [7, 11) is 0. The third kappa shape index (κ3) is 3.64. The Kier molecular flexibility index (Phi) is 4.65. The van der Waals surface area contributed by atoms with Crippen LogP contribution < -0.4 is 11.1 Å². The van der Waals surface area contributed by atoms with Gasteiger partial charge >= 0.3 is 0 Å². The second-order valence-electron chi connectivity index (χ2n) is 4.81. The van der Waals surface area contributed by atoms with Crippen molar-refractivity contribution < 1.29 is 4.79 Å². The van der Waals surface area contributed by atoms with E-state index < -0.39 is 6.04 Å². The van der Waals surface area contributed by atoms with Crippen LogP contribution in [0.3, 0.4) is 0 Å². The van der Waals surface area contributed by atoms with Crippen LogP contribution in [0.5, 0.6) is 0 Å². The lowest BCUT2D eigenvalue weighted by atomic mass is 10.1. The van der Waals surface area contributed by atoms with Crippen molar-refractivity contribution in [2.24, 2.45) is 5.73 Å². The number of thiocarbonyl (C=S) groups is 1. The molecule has 3 N–H and O–H groups in total. The van der Waals surface area contributed by atoms with Gasteiger partial charge in [0.2, 0.25) is 0 Å². The van der Waals surface area contributed by atoms with Crippen LogP contribution in [-0.2, 0) is 0 Å². The molecule has 2 rings (SSSR count). The Morgan fingerprint density at radius 1 is 1.19 bits per heavy atom. The highest BCUT2D eigenvalue weighted by molar-refractivity contribution is 7.80. The molecule has 0 aliphatic heterocycles. The van der Waals surface area contributed by atoms with Gasteiger partial charge in [0.15, 0.2) is 0 Å². The molecule has 108 valence electrons. The van der Waals surface area contributed by atoms with Gasteiger partial charge in [0.05, 0.1) is 11.3 Å². The highest BCUT2D eigenvalue weighted by Crippen LogP contribution is 2.15. The third-order valence-corrected chi connectivity index (χ3v) is 3.40. The molecule has 0 fully saturated rings. The van der Waals surface area contributed by atoms with E-state index in [0.29, 0.717) is 11.3 Å². The maximum Gasteiger partial charge on any atom is 0.253 e. The van der Waals surface area contributed by atoms with Gasteiger partial charge in [-0.3, -0.25) is 9.78 Å². The highest BCUT2D eigenvalue weighted by atomic mass is 32.1. The van der Waals surface area contributed by atoms with Gasteiger partial charge in [-0.05, 0) is 31.5 Å². The maximum atomic E-state index is 12.4. The Hall–Kier alpha value is -2.27. The lowest BCUT2D eigenvalue weighted by Gasteiger charge is -2.18. The summed E-state index contributed by atoms with van der Waals surface area (Å²) in [5, 5.41) is 2.86. The van der Waals surface area contributed by atoms with Gasteiger partial charge in [0.25, 0.3) is 5.91 Å². The second-order valence-corrected chi connectivity index (χ2v) is 5.28.